The molecule has 1 aliphatic heterocycles. The quantitative estimate of drug-likeness (QED) is 0.473. The molecule has 5 rings (SSSR count). The third-order valence-corrected chi connectivity index (χ3v) is 6.72. The number of likely N-dealkylation sites (tertiary alicyclic amines) is 1. The summed E-state index contributed by atoms with van der Waals surface area (Å²) < 4.78 is 2.02. The van der Waals surface area contributed by atoms with Crippen molar-refractivity contribution in [3.8, 4) is 10.6 Å². The minimum absolute atomic E-state index is 0.101. The van der Waals surface area contributed by atoms with Gasteiger partial charge >= 0.3 is 0 Å². The maximum absolute atomic E-state index is 13.0. The molecule has 4 heterocycles. The molecule has 1 atom stereocenters. The number of carbonyl (C=O) groups is 1. The van der Waals surface area contributed by atoms with Crippen LogP contribution in [0.2, 0.25) is 5.02 Å². The molecule has 0 spiro atoms. The molecule has 0 unspecified atom stereocenters. The zero-order chi connectivity index (χ0) is 20.5. The fourth-order valence-corrected chi connectivity index (χ4v) is 5.11. The highest BCUT2D eigenvalue weighted by molar-refractivity contribution is 7.13. The van der Waals surface area contributed by atoms with E-state index in [1.807, 2.05) is 63.3 Å². The van der Waals surface area contributed by atoms with Gasteiger partial charge in [-0.25, -0.2) is 4.98 Å². The summed E-state index contributed by atoms with van der Waals surface area (Å²) in [7, 11) is 0. The van der Waals surface area contributed by atoms with E-state index in [1.54, 1.807) is 0 Å². The first kappa shape index (κ1) is 19.2. The normalized spacial score (nSPS) is 16.8. The Balaban J connectivity index is 1.29. The molecular formula is C22H20ClN5OS. The molecule has 1 fully saturated rings. The van der Waals surface area contributed by atoms with Crippen molar-refractivity contribution in [3.63, 3.8) is 0 Å². The number of hydrogen-bond donors (Lipinski definition) is 0. The molecule has 0 aliphatic carbocycles. The van der Waals surface area contributed by atoms with Crippen molar-refractivity contribution in [1.82, 2.24) is 24.5 Å². The van der Waals surface area contributed by atoms with Gasteiger partial charge in [0.25, 0.3) is 0 Å². The number of hydrogen-bond acceptors (Lipinski definition) is 5. The van der Waals surface area contributed by atoms with Crippen molar-refractivity contribution in [2.75, 3.05) is 13.1 Å². The lowest BCUT2D eigenvalue weighted by Crippen LogP contribution is -2.40. The lowest BCUT2D eigenvalue weighted by atomic mass is 9.97. The molecule has 152 valence electrons. The van der Waals surface area contributed by atoms with Crippen molar-refractivity contribution >= 4 is 34.5 Å². The van der Waals surface area contributed by atoms with Gasteiger partial charge in [-0.2, -0.15) is 0 Å². The number of benzene rings is 1. The van der Waals surface area contributed by atoms with Gasteiger partial charge in [-0.15, -0.1) is 21.5 Å². The highest BCUT2D eigenvalue weighted by Gasteiger charge is 2.28. The lowest BCUT2D eigenvalue weighted by Gasteiger charge is -2.32. The first-order valence-corrected chi connectivity index (χ1v) is 11.2. The molecule has 1 amide bonds. The molecule has 1 aliphatic rings. The highest BCUT2D eigenvalue weighted by atomic mass is 35.5. The Morgan fingerprint density at radius 2 is 2.03 bits per heavy atom. The van der Waals surface area contributed by atoms with E-state index in [4.69, 9.17) is 11.6 Å². The summed E-state index contributed by atoms with van der Waals surface area (Å²) in [6.45, 7) is 1.43. The van der Waals surface area contributed by atoms with E-state index >= 15 is 0 Å². The monoisotopic (exact) mass is 437 g/mol. The Labute approximate surface area is 183 Å². The van der Waals surface area contributed by atoms with Gasteiger partial charge in [-0.05, 0) is 31.0 Å². The van der Waals surface area contributed by atoms with Crippen molar-refractivity contribution < 1.29 is 4.79 Å². The molecule has 30 heavy (non-hydrogen) atoms. The first-order valence-electron chi connectivity index (χ1n) is 9.96. The number of thiazole rings is 1. The second kappa shape index (κ2) is 8.16. The Morgan fingerprint density at radius 3 is 2.93 bits per heavy atom. The average molecular weight is 438 g/mol. The Hall–Kier alpha value is -2.77. The molecule has 1 saturated heterocycles. The van der Waals surface area contributed by atoms with Gasteiger partial charge < -0.3 is 4.90 Å². The largest absolute Gasteiger partial charge is 0.342 e. The van der Waals surface area contributed by atoms with Crippen LogP contribution in [0.4, 0.5) is 0 Å². The molecule has 1 aromatic carbocycles. The van der Waals surface area contributed by atoms with Crippen LogP contribution in [-0.4, -0.2) is 43.5 Å². The molecule has 8 heteroatoms. The van der Waals surface area contributed by atoms with E-state index in [1.165, 1.54) is 11.3 Å². The second-order valence-corrected chi connectivity index (χ2v) is 8.73. The SMILES string of the molecule is O=C(Cc1csc(-c2ccccc2Cl)n1)N1CCC[C@@H](c2nnc3ccccn23)C1. The van der Waals surface area contributed by atoms with Gasteiger partial charge in [0.2, 0.25) is 5.91 Å². The third-order valence-electron chi connectivity index (χ3n) is 5.47. The highest BCUT2D eigenvalue weighted by Crippen LogP contribution is 2.31. The fourth-order valence-electron chi connectivity index (χ4n) is 3.97. The molecule has 3 aromatic heterocycles. The summed E-state index contributed by atoms with van der Waals surface area (Å²) in [5, 5.41) is 12.1. The van der Waals surface area contributed by atoms with E-state index in [-0.39, 0.29) is 11.8 Å². The summed E-state index contributed by atoms with van der Waals surface area (Å²) in [4.78, 5) is 19.6. The van der Waals surface area contributed by atoms with Crippen molar-refractivity contribution in [1.29, 1.82) is 0 Å². The van der Waals surface area contributed by atoms with Crippen LogP contribution in [-0.2, 0) is 11.2 Å². The Morgan fingerprint density at radius 1 is 1.17 bits per heavy atom. The Bertz CT molecular complexity index is 1200. The van der Waals surface area contributed by atoms with Gasteiger partial charge in [0.1, 0.15) is 10.8 Å². The summed E-state index contributed by atoms with van der Waals surface area (Å²) in [5.74, 6) is 1.22. The molecule has 0 radical (unpaired) electrons. The summed E-state index contributed by atoms with van der Waals surface area (Å²) in [5.41, 5.74) is 2.53. The van der Waals surface area contributed by atoms with Gasteiger partial charge in [0.15, 0.2) is 5.65 Å². The Kier molecular flexibility index (Phi) is 5.23. The zero-order valence-electron chi connectivity index (χ0n) is 16.2. The predicted octanol–water partition coefficient (Wildman–Crippen LogP) is 4.45. The van der Waals surface area contributed by atoms with Gasteiger partial charge in [0, 0.05) is 36.1 Å². The maximum Gasteiger partial charge on any atom is 0.228 e. The lowest BCUT2D eigenvalue weighted by molar-refractivity contribution is -0.131. The van der Waals surface area contributed by atoms with Crippen LogP contribution in [0.25, 0.3) is 16.2 Å². The van der Waals surface area contributed by atoms with Crippen LogP contribution in [0.5, 0.6) is 0 Å². The average Bonchev–Trinajstić information content (AvgIpc) is 3.41. The van der Waals surface area contributed by atoms with Crippen LogP contribution in [0.15, 0.2) is 54.0 Å². The van der Waals surface area contributed by atoms with Gasteiger partial charge in [-0.3, -0.25) is 9.20 Å². The molecule has 0 bridgehead atoms. The van der Waals surface area contributed by atoms with Crippen molar-refractivity contribution in [3.05, 3.63) is 70.6 Å². The summed E-state index contributed by atoms with van der Waals surface area (Å²) in [6.07, 6.45) is 4.25. The minimum atomic E-state index is 0.101. The molecular weight excluding hydrogens is 418 g/mol. The van der Waals surface area contributed by atoms with Crippen LogP contribution < -0.4 is 0 Å². The molecule has 0 saturated carbocycles. The molecule has 6 nitrogen and oxygen atoms in total. The fraction of sp³-hybridized carbons (Fsp3) is 0.273. The first-order chi connectivity index (χ1) is 14.7. The number of aromatic nitrogens is 4. The number of amides is 1. The van der Waals surface area contributed by atoms with E-state index in [2.05, 4.69) is 15.2 Å². The minimum Gasteiger partial charge on any atom is -0.342 e. The van der Waals surface area contributed by atoms with Crippen LogP contribution in [0, 0.1) is 0 Å². The number of halogens is 1. The van der Waals surface area contributed by atoms with Crippen LogP contribution in [0.3, 0.4) is 0 Å². The number of piperidine rings is 1. The van der Waals surface area contributed by atoms with Gasteiger partial charge in [-0.1, -0.05) is 35.9 Å². The van der Waals surface area contributed by atoms with E-state index < -0.39 is 0 Å². The number of nitrogens with zero attached hydrogens (tertiary/aromatic N) is 5. The number of fused-ring (bicyclic) bond motifs is 1. The number of carbonyl (C=O) groups excluding carboxylic acids is 1. The standard InChI is InChI=1S/C22H20ClN5OS/c23-18-8-2-1-7-17(18)22-24-16(14-30-22)12-20(29)27-10-5-6-15(13-27)21-26-25-19-9-3-4-11-28(19)21/h1-4,7-9,11,14-15H,5-6,10,12-13H2/t15-/m1/s1. The number of rotatable bonds is 4. The third kappa shape index (κ3) is 3.70. The van der Waals surface area contributed by atoms with Crippen molar-refractivity contribution in [2.45, 2.75) is 25.2 Å². The molecule has 0 N–H and O–H groups in total. The summed E-state index contributed by atoms with van der Waals surface area (Å²) in [6, 6.07) is 13.5. The van der Waals surface area contributed by atoms with E-state index in [0.717, 1.165) is 47.1 Å². The van der Waals surface area contributed by atoms with Crippen LogP contribution in [0.1, 0.15) is 30.3 Å². The van der Waals surface area contributed by atoms with Crippen LogP contribution >= 0.6 is 22.9 Å². The molecule has 4 aromatic rings. The maximum atomic E-state index is 13.0. The second-order valence-electron chi connectivity index (χ2n) is 7.47. The van der Waals surface area contributed by atoms with E-state index in [0.29, 0.717) is 18.0 Å². The predicted molar refractivity (Wildman–Crippen MR) is 118 cm³/mol. The van der Waals surface area contributed by atoms with Gasteiger partial charge in [0.05, 0.1) is 17.1 Å². The zero-order valence-corrected chi connectivity index (χ0v) is 17.8. The van der Waals surface area contributed by atoms with E-state index in [9.17, 15) is 4.79 Å². The van der Waals surface area contributed by atoms with Crippen molar-refractivity contribution in [2.24, 2.45) is 0 Å². The summed E-state index contributed by atoms with van der Waals surface area (Å²) >= 11 is 7.80. The smallest absolute Gasteiger partial charge is 0.228 e. The number of pyridine rings is 1. The topological polar surface area (TPSA) is 63.4 Å².